The van der Waals surface area contributed by atoms with Crippen LogP contribution in [0.5, 0.6) is 5.75 Å². The number of hydrogen-bond donors (Lipinski definition) is 4. The highest BCUT2D eigenvalue weighted by atomic mass is 32.1. The first-order chi connectivity index (χ1) is 15.4. The van der Waals surface area contributed by atoms with E-state index in [0.29, 0.717) is 12.1 Å². The summed E-state index contributed by atoms with van der Waals surface area (Å²) in [5, 5.41) is 34.3. The molecule has 12 heteroatoms. The van der Waals surface area contributed by atoms with Gasteiger partial charge in [-0.3, -0.25) is 9.69 Å². The molecule has 2 aromatic rings. The number of carbonyl (C=O) groups excluding carboxylic acids is 1. The van der Waals surface area contributed by atoms with E-state index in [2.05, 4.69) is 15.0 Å². The Morgan fingerprint density at radius 3 is 2.72 bits per heavy atom. The van der Waals surface area contributed by atoms with Crippen LogP contribution in [0.3, 0.4) is 0 Å². The number of fused-ring (bicyclic) bond motifs is 1. The Labute approximate surface area is 188 Å². The van der Waals surface area contributed by atoms with Gasteiger partial charge in [-0.25, -0.2) is 9.78 Å². The molecule has 5 N–H and O–H groups in total. The lowest BCUT2D eigenvalue weighted by atomic mass is 9.64. The number of thiazole rings is 1. The number of benzene rings is 1. The molecule has 1 fully saturated rings. The average Bonchev–Trinajstić information content (AvgIpc) is 3.41. The van der Waals surface area contributed by atoms with Crippen molar-refractivity contribution in [2.45, 2.75) is 38.0 Å². The van der Waals surface area contributed by atoms with E-state index in [0.717, 1.165) is 42.8 Å². The first kappa shape index (κ1) is 22.2. The Bertz CT molecular complexity index is 1070. The van der Waals surface area contributed by atoms with Gasteiger partial charge in [-0.2, -0.15) is 0 Å². The van der Waals surface area contributed by atoms with Crippen molar-refractivity contribution < 1.29 is 29.6 Å². The Kier molecular flexibility index (Phi) is 6.44. The minimum absolute atomic E-state index is 0.00363. The van der Waals surface area contributed by atoms with Gasteiger partial charge in [0.1, 0.15) is 17.0 Å². The number of ketones is 1. The Hall–Kier alpha value is -2.96. The number of likely N-dealkylation sites (tertiary alicyclic amines) is 1. The van der Waals surface area contributed by atoms with E-state index in [-0.39, 0.29) is 40.7 Å². The summed E-state index contributed by atoms with van der Waals surface area (Å²) < 4.78 is 5.56. The van der Waals surface area contributed by atoms with Crippen molar-refractivity contribution in [2.75, 3.05) is 18.8 Å². The van der Waals surface area contributed by atoms with Crippen molar-refractivity contribution in [3.63, 3.8) is 0 Å². The Balaban J connectivity index is 1.56. The van der Waals surface area contributed by atoms with Gasteiger partial charge in [-0.15, -0.1) is 11.3 Å². The molecular formula is C20H23BN4O6S. The number of hydrogen-bond acceptors (Lipinski definition) is 10. The summed E-state index contributed by atoms with van der Waals surface area (Å²) in [5.74, 6) is -2.18. The molecule has 0 saturated carbocycles. The minimum Gasteiger partial charge on any atom is -0.535 e. The summed E-state index contributed by atoms with van der Waals surface area (Å²) in [7, 11) is -1.38. The van der Waals surface area contributed by atoms with E-state index >= 15 is 0 Å². The monoisotopic (exact) mass is 458 g/mol. The summed E-state index contributed by atoms with van der Waals surface area (Å²) in [4.78, 5) is 30.8. The van der Waals surface area contributed by atoms with Crippen LogP contribution in [0.4, 0.5) is 5.13 Å². The summed E-state index contributed by atoms with van der Waals surface area (Å²) in [6.07, 6.45) is 2.32. The fourth-order valence-electron chi connectivity index (χ4n) is 4.25. The minimum atomic E-state index is -1.38. The van der Waals surface area contributed by atoms with Crippen molar-refractivity contribution in [1.82, 2.24) is 9.88 Å². The van der Waals surface area contributed by atoms with Crippen LogP contribution in [0.15, 0.2) is 22.7 Å². The summed E-state index contributed by atoms with van der Waals surface area (Å²) >= 11 is 1.11. The van der Waals surface area contributed by atoms with Crippen molar-refractivity contribution in [1.29, 1.82) is 0 Å². The molecule has 1 atom stereocenters. The van der Waals surface area contributed by atoms with Gasteiger partial charge in [0.15, 0.2) is 16.6 Å². The number of carboxylic acid groups (broad SMARTS) is 1. The topological polar surface area (TPSA) is 159 Å². The number of nitrogens with two attached hydrogens (primary N) is 1. The Morgan fingerprint density at radius 2 is 2.09 bits per heavy atom. The van der Waals surface area contributed by atoms with Crippen molar-refractivity contribution in [3.05, 3.63) is 39.9 Å². The first-order valence-corrected chi connectivity index (χ1v) is 11.2. The fraction of sp³-hybridized carbons (Fsp3) is 0.400. The molecule has 4 rings (SSSR count). The van der Waals surface area contributed by atoms with Crippen LogP contribution < -0.4 is 10.4 Å². The molecule has 0 radical (unpaired) electrons. The summed E-state index contributed by atoms with van der Waals surface area (Å²) in [5.41, 5.74) is 6.98. The van der Waals surface area contributed by atoms with Gasteiger partial charge in [-0.1, -0.05) is 11.2 Å². The second-order valence-corrected chi connectivity index (χ2v) is 8.93. The van der Waals surface area contributed by atoms with Crippen LogP contribution in [0.1, 0.15) is 46.4 Å². The van der Waals surface area contributed by atoms with E-state index in [1.165, 1.54) is 5.38 Å². The fourth-order valence-corrected chi connectivity index (χ4v) is 4.80. The van der Waals surface area contributed by atoms with Crippen LogP contribution in [-0.4, -0.2) is 62.9 Å². The van der Waals surface area contributed by atoms with Gasteiger partial charge in [0.25, 0.3) is 0 Å². The summed E-state index contributed by atoms with van der Waals surface area (Å²) in [6, 6.07) is 3.46. The third kappa shape index (κ3) is 4.62. The molecular weight excluding hydrogens is 435 g/mol. The normalized spacial score (nSPS) is 19.0. The van der Waals surface area contributed by atoms with E-state index < -0.39 is 24.7 Å². The van der Waals surface area contributed by atoms with Gasteiger partial charge in [-0.05, 0) is 49.5 Å². The zero-order valence-electron chi connectivity index (χ0n) is 17.2. The molecule has 0 spiro atoms. The lowest BCUT2D eigenvalue weighted by Crippen LogP contribution is -2.37. The molecule has 2 aliphatic heterocycles. The number of nitrogens with zero attached hydrogens (tertiary/aromatic N) is 3. The lowest BCUT2D eigenvalue weighted by Gasteiger charge is -2.29. The number of oxime groups is 1. The van der Waals surface area contributed by atoms with E-state index in [1.54, 1.807) is 6.07 Å². The van der Waals surface area contributed by atoms with Crippen molar-refractivity contribution in [2.24, 2.45) is 5.16 Å². The molecule has 0 bridgehead atoms. The highest BCUT2D eigenvalue weighted by Gasteiger charge is 2.39. The SMILES string of the molecule is Nc1nc(/C(=N/O)C(=O)C[C@H]2Cc3cc(CN4CCCC4)cc(C(=O)O)c3OB2O)cs1. The molecule has 10 nitrogen and oxygen atoms in total. The van der Waals surface area contributed by atoms with Gasteiger partial charge in [0.2, 0.25) is 0 Å². The molecule has 0 unspecified atom stereocenters. The highest BCUT2D eigenvalue weighted by molar-refractivity contribution is 7.13. The maximum Gasteiger partial charge on any atom is 0.526 e. The highest BCUT2D eigenvalue weighted by Crippen LogP contribution is 2.38. The molecule has 1 aromatic carbocycles. The number of aromatic carboxylic acids is 1. The number of anilines is 1. The van der Waals surface area contributed by atoms with E-state index in [1.807, 2.05) is 6.07 Å². The third-order valence-electron chi connectivity index (χ3n) is 5.76. The third-order valence-corrected chi connectivity index (χ3v) is 6.44. The van der Waals surface area contributed by atoms with Crippen molar-refractivity contribution in [3.8, 4) is 5.75 Å². The van der Waals surface area contributed by atoms with E-state index in [4.69, 9.17) is 10.4 Å². The van der Waals surface area contributed by atoms with Crippen LogP contribution in [0, 0.1) is 0 Å². The maximum atomic E-state index is 12.7. The van der Waals surface area contributed by atoms with Crippen molar-refractivity contribution >= 4 is 41.1 Å². The largest absolute Gasteiger partial charge is 0.535 e. The van der Waals surface area contributed by atoms with Crippen LogP contribution in [0.2, 0.25) is 5.82 Å². The van der Waals surface area contributed by atoms with Crippen LogP contribution in [0.25, 0.3) is 0 Å². The molecule has 1 aromatic heterocycles. The maximum absolute atomic E-state index is 12.7. The number of nitrogen functional groups attached to an aromatic ring is 1. The van der Waals surface area contributed by atoms with Crippen LogP contribution >= 0.6 is 11.3 Å². The first-order valence-electron chi connectivity index (χ1n) is 10.3. The number of aromatic nitrogens is 1. The standard InChI is InChI=1S/C20H23BN4O6S/c22-20-23-15(10-32-20)17(24-30)16(26)8-13-7-12-5-11(9-25-3-1-2-4-25)6-14(19(27)28)18(12)31-21(13)29/h5-6,10,13,29-30H,1-4,7-9H2,(H2,22,23)(H,27,28)/b24-17-/t13-/m1/s1. The van der Waals surface area contributed by atoms with Gasteiger partial charge in [0.05, 0.1) is 0 Å². The zero-order chi connectivity index (χ0) is 22.8. The second-order valence-electron chi connectivity index (χ2n) is 8.04. The van der Waals surface area contributed by atoms with Crippen LogP contribution in [-0.2, 0) is 17.8 Å². The molecule has 32 heavy (non-hydrogen) atoms. The Morgan fingerprint density at radius 1 is 1.34 bits per heavy atom. The van der Waals surface area contributed by atoms with Gasteiger partial charge in [0, 0.05) is 24.2 Å². The molecule has 3 heterocycles. The predicted molar refractivity (Wildman–Crippen MR) is 118 cm³/mol. The number of Topliss-reactive ketones (excluding diaryl/α,β-unsaturated/α-hetero) is 1. The zero-order valence-corrected chi connectivity index (χ0v) is 18.0. The molecule has 2 aliphatic rings. The average molecular weight is 458 g/mol. The predicted octanol–water partition coefficient (Wildman–Crippen LogP) is 1.64. The molecule has 1 saturated heterocycles. The summed E-state index contributed by atoms with van der Waals surface area (Å²) in [6.45, 7) is 2.57. The van der Waals surface area contributed by atoms with Gasteiger partial charge < -0.3 is 25.7 Å². The van der Waals surface area contributed by atoms with Gasteiger partial charge >= 0.3 is 13.1 Å². The molecule has 0 aliphatic carbocycles. The quantitative estimate of drug-likeness (QED) is 0.209. The number of carbonyl (C=O) groups is 2. The lowest BCUT2D eigenvalue weighted by molar-refractivity contribution is -0.113. The second kappa shape index (κ2) is 9.27. The van der Waals surface area contributed by atoms with E-state index in [9.17, 15) is 24.9 Å². The smallest absolute Gasteiger partial charge is 0.526 e. The number of rotatable bonds is 7. The number of carboxylic acids is 1. The molecule has 168 valence electrons. The molecule has 0 amide bonds.